The zero-order chi connectivity index (χ0) is 14.8. The SMILES string of the molecule is CC(C)c1cccc2c1CCN(C(=O)c1ccccc1)C2. The lowest BCUT2D eigenvalue weighted by atomic mass is 9.89. The van der Waals surface area contributed by atoms with Gasteiger partial charge >= 0.3 is 0 Å². The Bertz CT molecular complexity index is 646. The van der Waals surface area contributed by atoms with E-state index in [4.69, 9.17) is 0 Å². The first kappa shape index (κ1) is 13.9. The van der Waals surface area contributed by atoms with E-state index in [1.807, 2.05) is 35.2 Å². The van der Waals surface area contributed by atoms with Gasteiger partial charge in [-0.1, -0.05) is 50.2 Å². The van der Waals surface area contributed by atoms with Crippen molar-refractivity contribution in [2.24, 2.45) is 0 Å². The summed E-state index contributed by atoms with van der Waals surface area (Å²) < 4.78 is 0. The second kappa shape index (κ2) is 5.72. The molecule has 1 aliphatic heterocycles. The molecule has 1 aliphatic rings. The monoisotopic (exact) mass is 279 g/mol. The normalized spacial score (nSPS) is 14.1. The highest BCUT2D eigenvalue weighted by molar-refractivity contribution is 5.94. The molecule has 1 amide bonds. The predicted molar refractivity (Wildman–Crippen MR) is 85.4 cm³/mol. The Hall–Kier alpha value is -2.09. The predicted octanol–water partition coefficient (Wildman–Crippen LogP) is 4.01. The smallest absolute Gasteiger partial charge is 0.254 e. The van der Waals surface area contributed by atoms with Crippen molar-refractivity contribution in [1.82, 2.24) is 4.90 Å². The summed E-state index contributed by atoms with van der Waals surface area (Å²) in [6, 6.07) is 16.1. The van der Waals surface area contributed by atoms with E-state index < -0.39 is 0 Å². The fourth-order valence-electron chi connectivity index (χ4n) is 3.12. The molecule has 2 aromatic carbocycles. The van der Waals surface area contributed by atoms with E-state index in [2.05, 4.69) is 32.0 Å². The number of hydrogen-bond acceptors (Lipinski definition) is 1. The molecule has 0 fully saturated rings. The maximum atomic E-state index is 12.6. The van der Waals surface area contributed by atoms with Gasteiger partial charge in [-0.05, 0) is 41.2 Å². The number of benzene rings is 2. The molecule has 2 heteroatoms. The third-order valence-corrected chi connectivity index (χ3v) is 4.23. The molecule has 1 heterocycles. The van der Waals surface area contributed by atoms with Crippen molar-refractivity contribution >= 4 is 5.91 Å². The number of fused-ring (bicyclic) bond motifs is 1. The molecule has 0 spiro atoms. The van der Waals surface area contributed by atoms with Gasteiger partial charge in [-0.3, -0.25) is 4.79 Å². The summed E-state index contributed by atoms with van der Waals surface area (Å²) in [7, 11) is 0. The van der Waals surface area contributed by atoms with Crippen LogP contribution in [0.15, 0.2) is 48.5 Å². The van der Waals surface area contributed by atoms with Crippen molar-refractivity contribution in [3.05, 3.63) is 70.8 Å². The molecule has 0 N–H and O–H groups in total. The molecule has 0 radical (unpaired) electrons. The number of nitrogens with zero attached hydrogens (tertiary/aromatic N) is 1. The first-order chi connectivity index (χ1) is 10.2. The molecular weight excluding hydrogens is 258 g/mol. The summed E-state index contributed by atoms with van der Waals surface area (Å²) in [4.78, 5) is 14.5. The highest BCUT2D eigenvalue weighted by Gasteiger charge is 2.23. The average Bonchev–Trinajstić information content (AvgIpc) is 2.53. The van der Waals surface area contributed by atoms with Crippen LogP contribution in [0.25, 0.3) is 0 Å². The lowest BCUT2D eigenvalue weighted by Crippen LogP contribution is -2.36. The minimum Gasteiger partial charge on any atom is -0.334 e. The fourth-order valence-corrected chi connectivity index (χ4v) is 3.12. The van der Waals surface area contributed by atoms with Crippen LogP contribution in [-0.2, 0) is 13.0 Å². The number of hydrogen-bond donors (Lipinski definition) is 0. The van der Waals surface area contributed by atoms with Crippen LogP contribution < -0.4 is 0 Å². The number of amides is 1. The molecule has 0 saturated heterocycles. The summed E-state index contributed by atoms with van der Waals surface area (Å²) in [5.74, 6) is 0.674. The van der Waals surface area contributed by atoms with Gasteiger partial charge in [-0.25, -0.2) is 0 Å². The maximum Gasteiger partial charge on any atom is 0.254 e. The Morgan fingerprint density at radius 1 is 1.05 bits per heavy atom. The maximum absolute atomic E-state index is 12.6. The van der Waals surface area contributed by atoms with Gasteiger partial charge in [0.2, 0.25) is 0 Å². The van der Waals surface area contributed by atoms with E-state index in [1.54, 1.807) is 0 Å². The van der Waals surface area contributed by atoms with Crippen molar-refractivity contribution in [3.63, 3.8) is 0 Å². The Balaban J connectivity index is 1.85. The Morgan fingerprint density at radius 2 is 1.81 bits per heavy atom. The van der Waals surface area contributed by atoms with Crippen LogP contribution >= 0.6 is 0 Å². The Labute approximate surface area is 126 Å². The third-order valence-electron chi connectivity index (χ3n) is 4.23. The zero-order valence-corrected chi connectivity index (χ0v) is 12.7. The molecule has 108 valence electrons. The van der Waals surface area contributed by atoms with Crippen LogP contribution in [0.4, 0.5) is 0 Å². The van der Waals surface area contributed by atoms with Crippen molar-refractivity contribution in [1.29, 1.82) is 0 Å². The molecule has 0 bridgehead atoms. The minimum atomic E-state index is 0.135. The lowest BCUT2D eigenvalue weighted by Gasteiger charge is -2.31. The summed E-state index contributed by atoms with van der Waals surface area (Å²) in [6.45, 7) is 6.00. The summed E-state index contributed by atoms with van der Waals surface area (Å²) in [5.41, 5.74) is 4.96. The van der Waals surface area contributed by atoms with E-state index >= 15 is 0 Å². The Morgan fingerprint density at radius 3 is 2.52 bits per heavy atom. The standard InChI is InChI=1S/C19H21NO/c1-14(2)17-10-6-9-16-13-20(12-11-18(16)17)19(21)15-7-4-3-5-8-15/h3-10,14H,11-13H2,1-2H3. The van der Waals surface area contributed by atoms with Gasteiger partial charge < -0.3 is 4.90 Å². The van der Waals surface area contributed by atoms with Crippen molar-refractivity contribution < 1.29 is 4.79 Å². The van der Waals surface area contributed by atoms with Crippen LogP contribution in [0, 0.1) is 0 Å². The summed E-state index contributed by atoms with van der Waals surface area (Å²) >= 11 is 0. The molecule has 21 heavy (non-hydrogen) atoms. The highest BCUT2D eigenvalue weighted by atomic mass is 16.2. The second-order valence-corrected chi connectivity index (χ2v) is 5.98. The Kier molecular flexibility index (Phi) is 3.78. The van der Waals surface area contributed by atoms with Gasteiger partial charge in [-0.2, -0.15) is 0 Å². The largest absolute Gasteiger partial charge is 0.334 e. The van der Waals surface area contributed by atoms with E-state index in [1.165, 1.54) is 16.7 Å². The molecule has 0 atom stereocenters. The summed E-state index contributed by atoms with van der Waals surface area (Å²) in [6.07, 6.45) is 0.961. The van der Waals surface area contributed by atoms with E-state index in [0.717, 1.165) is 25.1 Å². The van der Waals surface area contributed by atoms with Gasteiger partial charge in [0, 0.05) is 18.7 Å². The molecule has 0 aromatic heterocycles. The second-order valence-electron chi connectivity index (χ2n) is 5.98. The van der Waals surface area contributed by atoms with Crippen molar-refractivity contribution in [3.8, 4) is 0 Å². The van der Waals surface area contributed by atoms with Crippen molar-refractivity contribution in [2.75, 3.05) is 6.54 Å². The third kappa shape index (κ3) is 2.71. The summed E-state index contributed by atoms with van der Waals surface area (Å²) in [5, 5.41) is 0. The first-order valence-electron chi connectivity index (χ1n) is 7.62. The van der Waals surface area contributed by atoms with Crippen LogP contribution in [0.3, 0.4) is 0 Å². The van der Waals surface area contributed by atoms with Gasteiger partial charge in [-0.15, -0.1) is 0 Å². The van der Waals surface area contributed by atoms with Gasteiger partial charge in [0.1, 0.15) is 0 Å². The van der Waals surface area contributed by atoms with Gasteiger partial charge in [0.05, 0.1) is 0 Å². The fraction of sp³-hybridized carbons (Fsp3) is 0.316. The number of carbonyl (C=O) groups excluding carboxylic acids is 1. The first-order valence-corrected chi connectivity index (χ1v) is 7.62. The lowest BCUT2D eigenvalue weighted by molar-refractivity contribution is 0.0734. The minimum absolute atomic E-state index is 0.135. The molecule has 0 unspecified atom stereocenters. The highest BCUT2D eigenvalue weighted by Crippen LogP contribution is 2.28. The van der Waals surface area contributed by atoms with E-state index in [0.29, 0.717) is 5.92 Å². The molecule has 0 aliphatic carbocycles. The zero-order valence-electron chi connectivity index (χ0n) is 12.7. The average molecular weight is 279 g/mol. The number of rotatable bonds is 2. The van der Waals surface area contributed by atoms with Crippen LogP contribution in [0.2, 0.25) is 0 Å². The quantitative estimate of drug-likeness (QED) is 0.813. The van der Waals surface area contributed by atoms with E-state index in [9.17, 15) is 4.79 Å². The molecule has 2 aromatic rings. The van der Waals surface area contributed by atoms with Crippen LogP contribution in [0.5, 0.6) is 0 Å². The molecule has 3 rings (SSSR count). The van der Waals surface area contributed by atoms with Gasteiger partial charge in [0.25, 0.3) is 5.91 Å². The number of carbonyl (C=O) groups is 1. The molecule has 2 nitrogen and oxygen atoms in total. The van der Waals surface area contributed by atoms with Crippen LogP contribution in [0.1, 0.15) is 46.8 Å². The van der Waals surface area contributed by atoms with Crippen LogP contribution in [-0.4, -0.2) is 17.4 Å². The van der Waals surface area contributed by atoms with Gasteiger partial charge in [0.15, 0.2) is 0 Å². The van der Waals surface area contributed by atoms with E-state index in [-0.39, 0.29) is 5.91 Å². The van der Waals surface area contributed by atoms with Crippen molar-refractivity contribution in [2.45, 2.75) is 32.7 Å². The molecule has 0 saturated carbocycles. The molecular formula is C19H21NO. The topological polar surface area (TPSA) is 20.3 Å².